The summed E-state index contributed by atoms with van der Waals surface area (Å²) in [5, 5.41) is 9.14. The average Bonchev–Trinajstić information content (AvgIpc) is 2.79. The van der Waals surface area contributed by atoms with Crippen LogP contribution >= 0.6 is 35.4 Å². The Bertz CT molecular complexity index is 1140. The second-order valence-corrected chi connectivity index (χ2v) is 10.6. The van der Waals surface area contributed by atoms with Crippen LogP contribution in [0.5, 0.6) is 0 Å². The number of thiocarbonyl (C=S) groups is 1. The highest BCUT2D eigenvalue weighted by molar-refractivity contribution is 7.80. The summed E-state index contributed by atoms with van der Waals surface area (Å²) < 4.78 is 5.40. The average molecular weight is 551 g/mol. The van der Waals surface area contributed by atoms with Crippen molar-refractivity contribution in [2.24, 2.45) is 5.92 Å². The number of benzene rings is 2. The van der Waals surface area contributed by atoms with E-state index < -0.39 is 11.5 Å². The molecular formula is C25H28Cl2N4O4S. The third-order valence-electron chi connectivity index (χ3n) is 5.33. The van der Waals surface area contributed by atoms with Crippen LogP contribution in [0.15, 0.2) is 42.5 Å². The molecule has 0 aliphatic carbocycles. The van der Waals surface area contributed by atoms with Gasteiger partial charge in [-0.3, -0.25) is 14.9 Å². The van der Waals surface area contributed by atoms with Crippen molar-refractivity contribution in [1.29, 1.82) is 0 Å². The van der Waals surface area contributed by atoms with Gasteiger partial charge in [-0.2, -0.15) is 0 Å². The van der Waals surface area contributed by atoms with Crippen LogP contribution in [-0.4, -0.2) is 46.6 Å². The minimum absolute atomic E-state index is 0.0952. The number of amides is 3. The molecule has 1 aliphatic rings. The molecule has 2 aromatic rings. The minimum Gasteiger partial charge on any atom is -0.444 e. The molecule has 0 aromatic heterocycles. The lowest BCUT2D eigenvalue weighted by Crippen LogP contribution is -2.43. The van der Waals surface area contributed by atoms with Crippen LogP contribution in [0.1, 0.15) is 44.0 Å². The zero-order valence-electron chi connectivity index (χ0n) is 20.2. The van der Waals surface area contributed by atoms with Crippen LogP contribution in [0.3, 0.4) is 0 Å². The van der Waals surface area contributed by atoms with Gasteiger partial charge in [0.1, 0.15) is 5.60 Å². The molecule has 8 nitrogen and oxygen atoms in total. The second kappa shape index (κ2) is 11.9. The molecule has 0 unspecified atom stereocenters. The number of carbonyl (C=O) groups is 3. The smallest absolute Gasteiger partial charge is 0.410 e. The van der Waals surface area contributed by atoms with Crippen molar-refractivity contribution in [2.75, 3.05) is 23.7 Å². The molecule has 11 heteroatoms. The summed E-state index contributed by atoms with van der Waals surface area (Å²) in [4.78, 5) is 38.9. The molecule has 1 fully saturated rings. The molecule has 0 bridgehead atoms. The quantitative estimate of drug-likeness (QED) is 0.422. The summed E-state index contributed by atoms with van der Waals surface area (Å²) in [6.07, 6.45) is 0.780. The van der Waals surface area contributed by atoms with Gasteiger partial charge < -0.3 is 20.3 Å². The summed E-state index contributed by atoms with van der Waals surface area (Å²) in [5.74, 6) is -0.748. The first-order valence-electron chi connectivity index (χ1n) is 11.4. The maximum atomic E-state index is 12.7. The number of likely N-dealkylation sites (tertiary alicyclic amines) is 1. The van der Waals surface area contributed by atoms with Gasteiger partial charge in [-0.25, -0.2) is 4.79 Å². The predicted molar refractivity (Wildman–Crippen MR) is 146 cm³/mol. The van der Waals surface area contributed by atoms with E-state index in [9.17, 15) is 14.4 Å². The first kappa shape index (κ1) is 27.7. The highest BCUT2D eigenvalue weighted by Crippen LogP contribution is 2.23. The number of hydrogen-bond donors (Lipinski definition) is 3. The highest BCUT2D eigenvalue weighted by atomic mass is 35.5. The molecule has 0 atom stereocenters. The van der Waals surface area contributed by atoms with Crippen molar-refractivity contribution < 1.29 is 19.1 Å². The van der Waals surface area contributed by atoms with Gasteiger partial charge in [-0.05, 0) is 88.3 Å². The van der Waals surface area contributed by atoms with Crippen LogP contribution < -0.4 is 16.0 Å². The highest BCUT2D eigenvalue weighted by Gasteiger charge is 2.30. The Morgan fingerprint density at radius 3 is 2.11 bits per heavy atom. The molecule has 0 saturated carbocycles. The lowest BCUT2D eigenvalue weighted by Gasteiger charge is -2.32. The lowest BCUT2D eigenvalue weighted by atomic mass is 9.96. The predicted octanol–water partition coefficient (Wildman–Crippen LogP) is 5.71. The molecule has 1 heterocycles. The molecule has 1 aliphatic heterocycles. The monoisotopic (exact) mass is 550 g/mol. The fourth-order valence-electron chi connectivity index (χ4n) is 3.54. The second-order valence-electron chi connectivity index (χ2n) is 9.34. The SMILES string of the molecule is CC(C)(C)OC(=O)N1CCC(C(=O)Nc2ccc(NC(=S)NC(=O)c3ccc(Cl)cc3Cl)cc2)CC1. The summed E-state index contributed by atoms with van der Waals surface area (Å²) in [6, 6.07) is 11.5. The van der Waals surface area contributed by atoms with Gasteiger partial charge >= 0.3 is 6.09 Å². The topological polar surface area (TPSA) is 99.8 Å². The number of halogens is 2. The Kier molecular flexibility index (Phi) is 9.16. The van der Waals surface area contributed by atoms with Crippen molar-refractivity contribution in [3.63, 3.8) is 0 Å². The molecular weight excluding hydrogens is 523 g/mol. The van der Waals surface area contributed by atoms with Gasteiger partial charge in [-0.1, -0.05) is 23.2 Å². The van der Waals surface area contributed by atoms with Gasteiger partial charge in [-0.15, -0.1) is 0 Å². The first-order valence-corrected chi connectivity index (χ1v) is 12.5. The maximum absolute atomic E-state index is 12.7. The van der Waals surface area contributed by atoms with Crippen molar-refractivity contribution in [3.8, 4) is 0 Å². The molecule has 2 aromatic carbocycles. The maximum Gasteiger partial charge on any atom is 0.410 e. The van der Waals surface area contributed by atoms with E-state index in [2.05, 4.69) is 16.0 Å². The van der Waals surface area contributed by atoms with Crippen molar-refractivity contribution in [1.82, 2.24) is 10.2 Å². The fourth-order valence-corrected chi connectivity index (χ4v) is 4.24. The zero-order chi connectivity index (χ0) is 26.5. The third-order valence-corrected chi connectivity index (χ3v) is 6.08. The van der Waals surface area contributed by atoms with Crippen molar-refractivity contribution in [2.45, 2.75) is 39.2 Å². The lowest BCUT2D eigenvalue weighted by molar-refractivity contribution is -0.121. The Morgan fingerprint density at radius 2 is 1.56 bits per heavy atom. The van der Waals surface area contributed by atoms with E-state index in [0.717, 1.165) is 0 Å². The summed E-state index contributed by atoms with van der Waals surface area (Å²) in [5.41, 5.74) is 0.959. The van der Waals surface area contributed by atoms with Crippen molar-refractivity contribution in [3.05, 3.63) is 58.1 Å². The van der Waals surface area contributed by atoms with Crippen LogP contribution in [0.4, 0.5) is 16.2 Å². The number of hydrogen-bond acceptors (Lipinski definition) is 5. The number of ether oxygens (including phenoxy) is 1. The molecule has 3 amide bonds. The van der Waals surface area contributed by atoms with Gasteiger partial charge in [0.2, 0.25) is 5.91 Å². The van der Waals surface area contributed by atoms with Crippen LogP contribution in [0.2, 0.25) is 10.0 Å². The molecule has 3 rings (SSSR count). The number of nitrogens with zero attached hydrogens (tertiary/aromatic N) is 1. The Balaban J connectivity index is 1.46. The fraction of sp³-hybridized carbons (Fsp3) is 0.360. The number of rotatable bonds is 4. The van der Waals surface area contributed by atoms with E-state index in [0.29, 0.717) is 42.3 Å². The third kappa shape index (κ3) is 8.08. The van der Waals surface area contributed by atoms with E-state index in [1.165, 1.54) is 12.1 Å². The van der Waals surface area contributed by atoms with Crippen LogP contribution in [0.25, 0.3) is 0 Å². The minimum atomic E-state index is -0.550. The number of carbonyl (C=O) groups excluding carboxylic acids is 3. The zero-order valence-corrected chi connectivity index (χ0v) is 22.5. The summed E-state index contributed by atoms with van der Waals surface area (Å²) >= 11 is 17.1. The van der Waals surface area contributed by atoms with E-state index in [4.69, 9.17) is 40.2 Å². The largest absolute Gasteiger partial charge is 0.444 e. The van der Waals surface area contributed by atoms with Gasteiger partial charge in [0.25, 0.3) is 5.91 Å². The summed E-state index contributed by atoms with van der Waals surface area (Å²) in [7, 11) is 0. The molecule has 0 spiro atoms. The van der Waals surface area contributed by atoms with Gasteiger partial charge in [0.15, 0.2) is 5.11 Å². The molecule has 36 heavy (non-hydrogen) atoms. The number of nitrogens with one attached hydrogen (secondary N) is 3. The van der Waals surface area contributed by atoms with E-state index in [-0.39, 0.29) is 33.6 Å². The molecule has 0 radical (unpaired) electrons. The Morgan fingerprint density at radius 1 is 0.972 bits per heavy atom. The van der Waals surface area contributed by atoms with Crippen LogP contribution in [-0.2, 0) is 9.53 Å². The molecule has 1 saturated heterocycles. The first-order chi connectivity index (χ1) is 16.9. The number of anilines is 2. The Hall–Kier alpha value is -2.88. The number of piperidine rings is 1. The summed E-state index contributed by atoms with van der Waals surface area (Å²) in [6.45, 7) is 6.42. The van der Waals surface area contributed by atoms with Crippen LogP contribution in [0, 0.1) is 5.92 Å². The Labute approximate surface area is 225 Å². The normalized spacial score (nSPS) is 14.1. The standard InChI is InChI=1S/C25H28Cl2N4O4S/c1-25(2,3)35-24(34)31-12-10-15(11-13-31)21(32)28-17-5-7-18(8-6-17)29-23(36)30-22(33)19-9-4-16(26)14-20(19)27/h4-9,14-15H,10-13H2,1-3H3,(H,28,32)(H2,29,30,33,36). The van der Waals surface area contributed by atoms with E-state index >= 15 is 0 Å². The molecule has 3 N–H and O–H groups in total. The van der Waals surface area contributed by atoms with E-state index in [1.54, 1.807) is 35.2 Å². The van der Waals surface area contributed by atoms with Gasteiger partial charge in [0, 0.05) is 35.4 Å². The van der Waals surface area contributed by atoms with E-state index in [1.807, 2.05) is 20.8 Å². The van der Waals surface area contributed by atoms with Gasteiger partial charge in [0.05, 0.1) is 10.6 Å². The molecule has 192 valence electrons. The van der Waals surface area contributed by atoms with Crippen molar-refractivity contribution >= 4 is 69.8 Å².